The van der Waals surface area contributed by atoms with Crippen LogP contribution in [0.5, 0.6) is 11.5 Å². The van der Waals surface area contributed by atoms with Gasteiger partial charge >= 0.3 is 5.97 Å². The molecule has 30 heavy (non-hydrogen) atoms. The minimum Gasteiger partial charge on any atom is -0.504 e. The Morgan fingerprint density at radius 2 is 1.27 bits per heavy atom. The van der Waals surface area contributed by atoms with E-state index in [1.807, 2.05) is 0 Å². The largest absolute Gasteiger partial charge is 0.504 e. The van der Waals surface area contributed by atoms with Crippen LogP contribution in [0, 0.1) is 0 Å². The Morgan fingerprint density at radius 1 is 0.733 bits per heavy atom. The van der Waals surface area contributed by atoms with Gasteiger partial charge in [-0.15, -0.1) is 0 Å². The Labute approximate surface area is 172 Å². The predicted molar refractivity (Wildman–Crippen MR) is 110 cm³/mol. The molecule has 0 aliphatic heterocycles. The highest BCUT2D eigenvalue weighted by Crippen LogP contribution is 2.25. The molecule has 3 rings (SSSR count). The molecule has 2 N–H and O–H groups in total. The summed E-state index contributed by atoms with van der Waals surface area (Å²) in [5.41, 5.74) is 0.904. The molecule has 0 saturated carbocycles. The van der Waals surface area contributed by atoms with E-state index in [1.165, 1.54) is 48.5 Å². The van der Waals surface area contributed by atoms with E-state index in [9.17, 15) is 24.6 Å². The molecule has 3 aromatic rings. The number of Topliss-reactive ketones (excluding diaryl/α,β-unsaturated/α-hetero) is 2. The molecule has 0 fully saturated rings. The fraction of sp³-hybridized carbons (Fsp3) is 0.0417. The van der Waals surface area contributed by atoms with Gasteiger partial charge in [-0.1, -0.05) is 66.7 Å². The Kier molecular flexibility index (Phi) is 6.39. The van der Waals surface area contributed by atoms with Gasteiger partial charge in [-0.3, -0.25) is 9.59 Å². The van der Waals surface area contributed by atoms with E-state index in [-0.39, 0.29) is 22.6 Å². The van der Waals surface area contributed by atoms with Crippen molar-refractivity contribution in [3.8, 4) is 11.5 Å². The summed E-state index contributed by atoms with van der Waals surface area (Å²) in [7, 11) is 0. The molecule has 0 amide bonds. The molecule has 0 radical (unpaired) electrons. The summed E-state index contributed by atoms with van der Waals surface area (Å²) in [6.07, 6.45) is 0.730. The second-order valence-corrected chi connectivity index (χ2v) is 6.36. The maximum Gasteiger partial charge on any atom is 0.331 e. The number of rotatable bonds is 7. The van der Waals surface area contributed by atoms with Crippen molar-refractivity contribution in [1.29, 1.82) is 0 Å². The van der Waals surface area contributed by atoms with Crippen LogP contribution in [0.4, 0.5) is 0 Å². The van der Waals surface area contributed by atoms with Crippen LogP contribution >= 0.6 is 0 Å². The summed E-state index contributed by atoms with van der Waals surface area (Å²) in [4.78, 5) is 38.1. The maximum absolute atomic E-state index is 12.9. The number of benzene rings is 3. The molecule has 0 saturated heterocycles. The first-order valence-electron chi connectivity index (χ1n) is 9.05. The van der Waals surface area contributed by atoms with E-state index in [2.05, 4.69) is 0 Å². The maximum atomic E-state index is 12.9. The number of hydrogen-bond acceptors (Lipinski definition) is 6. The quantitative estimate of drug-likeness (QED) is 0.205. The van der Waals surface area contributed by atoms with E-state index in [0.29, 0.717) is 5.56 Å². The fourth-order valence-electron chi connectivity index (χ4n) is 2.70. The molecule has 0 aliphatic rings. The van der Waals surface area contributed by atoms with Crippen LogP contribution < -0.4 is 0 Å². The van der Waals surface area contributed by atoms with Gasteiger partial charge in [0.05, 0.1) is 0 Å². The Balaban J connectivity index is 1.83. The lowest BCUT2D eigenvalue weighted by atomic mass is 9.98. The molecule has 150 valence electrons. The van der Waals surface area contributed by atoms with Crippen molar-refractivity contribution in [1.82, 2.24) is 0 Å². The highest BCUT2D eigenvalue weighted by Gasteiger charge is 2.31. The van der Waals surface area contributed by atoms with E-state index >= 15 is 0 Å². The number of ether oxygens (including phenoxy) is 1. The van der Waals surface area contributed by atoms with Crippen molar-refractivity contribution >= 4 is 23.6 Å². The van der Waals surface area contributed by atoms with Crippen LogP contribution in [-0.2, 0) is 9.53 Å². The summed E-state index contributed by atoms with van der Waals surface area (Å²) >= 11 is 0. The van der Waals surface area contributed by atoms with Crippen LogP contribution in [0.25, 0.3) is 6.08 Å². The number of ketones is 2. The number of aromatic hydroxyl groups is 2. The molecule has 0 aromatic heterocycles. The molecule has 0 atom stereocenters. The molecule has 0 bridgehead atoms. The second-order valence-electron chi connectivity index (χ2n) is 6.36. The van der Waals surface area contributed by atoms with E-state index in [0.717, 1.165) is 6.08 Å². The lowest BCUT2D eigenvalue weighted by Gasteiger charge is -2.15. The summed E-state index contributed by atoms with van der Waals surface area (Å²) < 4.78 is 5.22. The van der Waals surface area contributed by atoms with Crippen LogP contribution in [0.1, 0.15) is 26.3 Å². The first kappa shape index (κ1) is 20.5. The van der Waals surface area contributed by atoms with Gasteiger partial charge in [0.1, 0.15) is 0 Å². The van der Waals surface area contributed by atoms with Crippen molar-refractivity contribution < 1.29 is 29.3 Å². The monoisotopic (exact) mass is 402 g/mol. The van der Waals surface area contributed by atoms with E-state index in [4.69, 9.17) is 4.74 Å². The molecule has 0 heterocycles. The number of carbonyl (C=O) groups is 3. The Morgan fingerprint density at radius 3 is 1.77 bits per heavy atom. The smallest absolute Gasteiger partial charge is 0.331 e. The lowest BCUT2D eigenvalue weighted by molar-refractivity contribution is -0.139. The number of carbonyl (C=O) groups excluding carboxylic acids is 3. The third kappa shape index (κ3) is 4.99. The highest BCUT2D eigenvalue weighted by molar-refractivity contribution is 6.19. The summed E-state index contributed by atoms with van der Waals surface area (Å²) in [5, 5.41) is 18.9. The van der Waals surface area contributed by atoms with Crippen LogP contribution in [0.3, 0.4) is 0 Å². The Bertz CT molecular complexity index is 1040. The zero-order chi connectivity index (χ0) is 21.5. The van der Waals surface area contributed by atoms with Crippen molar-refractivity contribution in [2.75, 3.05) is 0 Å². The summed E-state index contributed by atoms with van der Waals surface area (Å²) in [5.74, 6) is -2.80. The predicted octanol–water partition coefficient (Wildman–Crippen LogP) is 3.79. The number of hydrogen-bond donors (Lipinski definition) is 2. The highest BCUT2D eigenvalue weighted by atomic mass is 16.5. The number of phenols is 2. The number of phenolic OH excluding ortho intramolecular Hbond substituents is 2. The van der Waals surface area contributed by atoms with E-state index in [1.54, 1.807) is 36.4 Å². The fourth-order valence-corrected chi connectivity index (χ4v) is 2.70. The van der Waals surface area contributed by atoms with Crippen molar-refractivity contribution in [2.24, 2.45) is 0 Å². The first-order chi connectivity index (χ1) is 14.5. The average Bonchev–Trinajstić information content (AvgIpc) is 2.78. The average molecular weight is 402 g/mol. The molecule has 6 nitrogen and oxygen atoms in total. The van der Waals surface area contributed by atoms with Gasteiger partial charge in [0.2, 0.25) is 17.7 Å². The minimum absolute atomic E-state index is 0.243. The molecular weight excluding hydrogens is 384 g/mol. The van der Waals surface area contributed by atoms with Crippen molar-refractivity contribution in [3.05, 3.63) is 102 Å². The van der Waals surface area contributed by atoms with E-state index < -0.39 is 23.6 Å². The van der Waals surface area contributed by atoms with Crippen molar-refractivity contribution in [3.63, 3.8) is 0 Å². The van der Waals surface area contributed by atoms with Gasteiger partial charge in [0.25, 0.3) is 0 Å². The third-order valence-corrected chi connectivity index (χ3v) is 4.24. The molecule has 0 aliphatic carbocycles. The molecule has 0 spiro atoms. The molecule has 0 unspecified atom stereocenters. The minimum atomic E-state index is -1.64. The molecule has 6 heteroatoms. The van der Waals surface area contributed by atoms with Gasteiger partial charge in [0.15, 0.2) is 11.5 Å². The lowest BCUT2D eigenvalue weighted by Crippen LogP contribution is -2.35. The standard InChI is InChI=1S/C24H18O6/c25-19-13-11-16(15-20(19)26)12-14-21(27)30-24(22(28)17-7-3-1-4-8-17)23(29)18-9-5-2-6-10-18/h1-15,24-26H. The van der Waals surface area contributed by atoms with Crippen molar-refractivity contribution in [2.45, 2.75) is 6.10 Å². The van der Waals surface area contributed by atoms with Gasteiger partial charge in [0, 0.05) is 17.2 Å². The van der Waals surface area contributed by atoms with Crippen LogP contribution in [0.2, 0.25) is 0 Å². The third-order valence-electron chi connectivity index (χ3n) is 4.24. The van der Waals surface area contributed by atoms with Crippen LogP contribution in [0.15, 0.2) is 84.9 Å². The first-order valence-corrected chi connectivity index (χ1v) is 9.05. The summed E-state index contributed by atoms with van der Waals surface area (Å²) in [6.45, 7) is 0. The summed E-state index contributed by atoms with van der Waals surface area (Å²) in [6, 6.07) is 20.2. The van der Waals surface area contributed by atoms with Gasteiger partial charge in [-0.2, -0.15) is 0 Å². The van der Waals surface area contributed by atoms with Gasteiger partial charge in [-0.05, 0) is 23.8 Å². The Hall–Kier alpha value is -4.19. The normalized spacial score (nSPS) is 10.8. The number of esters is 1. The van der Waals surface area contributed by atoms with Gasteiger partial charge in [-0.25, -0.2) is 4.79 Å². The second kappa shape index (κ2) is 9.34. The zero-order valence-electron chi connectivity index (χ0n) is 15.8. The molecule has 3 aromatic carbocycles. The molecular formula is C24H18O6. The van der Waals surface area contributed by atoms with Crippen LogP contribution in [-0.4, -0.2) is 33.9 Å². The zero-order valence-corrected chi connectivity index (χ0v) is 15.8. The SMILES string of the molecule is O=C(C=Cc1ccc(O)c(O)c1)OC(C(=O)c1ccccc1)C(=O)c1ccccc1. The van der Waals surface area contributed by atoms with Gasteiger partial charge < -0.3 is 14.9 Å². The topological polar surface area (TPSA) is 101 Å².